The molecule has 0 amide bonds. The molecule has 1 aliphatic carbocycles. The van der Waals surface area contributed by atoms with Crippen molar-refractivity contribution in [2.45, 2.75) is 56.5 Å². The van der Waals surface area contributed by atoms with Crippen molar-refractivity contribution in [1.29, 1.82) is 0 Å². The lowest BCUT2D eigenvalue weighted by molar-refractivity contribution is -0.148. The largest absolute Gasteiger partial charge is 0.480 e. The molecule has 3 rings (SSSR count). The number of hydrogen-bond donors (Lipinski definition) is 5. The Balaban J connectivity index is 1.52. The molecule has 6 nitrogen and oxygen atoms in total. The summed E-state index contributed by atoms with van der Waals surface area (Å²) in [7, 11) is -1.41. The highest BCUT2D eigenvalue weighted by Crippen LogP contribution is 2.38. The summed E-state index contributed by atoms with van der Waals surface area (Å²) in [5.74, 6) is -3.47. The second kappa shape index (κ2) is 10.7. The van der Waals surface area contributed by atoms with Crippen molar-refractivity contribution in [2.75, 3.05) is 0 Å². The van der Waals surface area contributed by atoms with Gasteiger partial charge in [0.2, 0.25) is 0 Å². The maximum Gasteiger partial charge on any atom is 0.451 e. The molecule has 6 N–H and O–H groups in total. The van der Waals surface area contributed by atoms with E-state index in [9.17, 15) is 23.1 Å². The lowest BCUT2D eigenvalue weighted by Crippen LogP contribution is -2.61. The highest BCUT2D eigenvalue weighted by Gasteiger charge is 2.48. The van der Waals surface area contributed by atoms with E-state index < -0.39 is 36.1 Å². The molecule has 0 saturated heterocycles. The molecule has 0 aliphatic heterocycles. The summed E-state index contributed by atoms with van der Waals surface area (Å²) in [5.41, 5.74) is 5.49. The molecule has 178 valence electrons. The number of unbranched alkanes of at least 4 members (excludes halogenated alkanes) is 1. The second-order valence-electron chi connectivity index (χ2n) is 8.76. The quantitative estimate of drug-likeness (QED) is 0.258. The molecule has 2 aromatic rings. The standard InChI is InChI=1S/C23H28BF3N2O4/c25-16-4-6-19(21(27)12-16)18-5-3-14(9-20(18)26)13-29-17-10-15(11-17)23(28,22(30)31)7-1-2-8-24(32)33/h3-6,9,12,15,17,29,32-33H,1-2,7-8,10-11,13,28H2,(H,30,31)/t15?,17?,23-/m0/s1. The van der Waals surface area contributed by atoms with Gasteiger partial charge >= 0.3 is 13.1 Å². The molecule has 10 heteroatoms. The third-order valence-corrected chi connectivity index (χ3v) is 6.42. The zero-order chi connectivity index (χ0) is 24.2. The predicted molar refractivity (Wildman–Crippen MR) is 119 cm³/mol. The maximum atomic E-state index is 14.5. The van der Waals surface area contributed by atoms with Gasteiger partial charge in [0, 0.05) is 29.8 Å². The molecule has 1 aliphatic rings. The maximum absolute atomic E-state index is 14.5. The van der Waals surface area contributed by atoms with Gasteiger partial charge < -0.3 is 26.2 Å². The minimum absolute atomic E-state index is 0.0169. The lowest BCUT2D eigenvalue weighted by Gasteiger charge is -2.45. The fourth-order valence-corrected chi connectivity index (χ4v) is 4.29. The number of benzene rings is 2. The average Bonchev–Trinajstić information content (AvgIpc) is 2.70. The van der Waals surface area contributed by atoms with Gasteiger partial charge in [0.25, 0.3) is 0 Å². The highest BCUT2D eigenvalue weighted by molar-refractivity contribution is 6.40. The molecule has 33 heavy (non-hydrogen) atoms. The molecule has 0 heterocycles. The fourth-order valence-electron chi connectivity index (χ4n) is 4.29. The van der Waals surface area contributed by atoms with Crippen molar-refractivity contribution < 1.29 is 33.1 Å². The number of nitrogens with one attached hydrogen (secondary N) is 1. The van der Waals surface area contributed by atoms with E-state index in [0.717, 1.165) is 6.07 Å². The molecule has 0 unspecified atom stereocenters. The predicted octanol–water partition coefficient (Wildman–Crippen LogP) is 3.06. The van der Waals surface area contributed by atoms with Gasteiger partial charge in [-0.3, -0.25) is 4.79 Å². The van der Waals surface area contributed by atoms with E-state index >= 15 is 0 Å². The van der Waals surface area contributed by atoms with Crippen molar-refractivity contribution in [1.82, 2.24) is 5.32 Å². The Morgan fingerprint density at radius 2 is 1.70 bits per heavy atom. The third kappa shape index (κ3) is 6.14. The normalized spacial score (nSPS) is 19.6. The molecule has 2 aromatic carbocycles. The zero-order valence-electron chi connectivity index (χ0n) is 18.1. The van der Waals surface area contributed by atoms with Crippen molar-refractivity contribution >= 4 is 13.1 Å². The molecular weight excluding hydrogens is 436 g/mol. The van der Waals surface area contributed by atoms with Crippen LogP contribution in [0.1, 0.15) is 37.7 Å². The summed E-state index contributed by atoms with van der Waals surface area (Å²) in [5, 5.41) is 30.7. The van der Waals surface area contributed by atoms with E-state index in [-0.39, 0.29) is 35.8 Å². The number of carboxylic acid groups (broad SMARTS) is 1. The average molecular weight is 464 g/mol. The number of hydrogen-bond acceptors (Lipinski definition) is 5. The van der Waals surface area contributed by atoms with Crippen LogP contribution >= 0.6 is 0 Å². The molecule has 1 saturated carbocycles. The minimum Gasteiger partial charge on any atom is -0.480 e. The van der Waals surface area contributed by atoms with Crippen LogP contribution in [0, 0.1) is 23.4 Å². The van der Waals surface area contributed by atoms with Crippen molar-refractivity contribution in [3.05, 3.63) is 59.4 Å². The summed E-state index contributed by atoms with van der Waals surface area (Å²) in [6, 6.07) is 7.42. The molecule has 1 atom stereocenters. The Morgan fingerprint density at radius 3 is 2.27 bits per heavy atom. The van der Waals surface area contributed by atoms with Gasteiger partial charge in [0.15, 0.2) is 0 Å². The van der Waals surface area contributed by atoms with Crippen LogP contribution in [0.2, 0.25) is 6.32 Å². The van der Waals surface area contributed by atoms with E-state index in [0.29, 0.717) is 43.9 Å². The summed E-state index contributed by atoms with van der Waals surface area (Å²) >= 11 is 0. The van der Waals surface area contributed by atoms with E-state index in [1.165, 1.54) is 18.2 Å². The molecule has 0 radical (unpaired) electrons. The first-order chi connectivity index (χ1) is 15.6. The van der Waals surface area contributed by atoms with E-state index in [1.807, 2.05) is 0 Å². The molecule has 0 bridgehead atoms. The van der Waals surface area contributed by atoms with Crippen LogP contribution in [0.4, 0.5) is 13.2 Å². The van der Waals surface area contributed by atoms with Crippen molar-refractivity contribution in [3.8, 4) is 11.1 Å². The number of halogens is 3. The Hall–Kier alpha value is -2.40. The van der Waals surface area contributed by atoms with Crippen LogP contribution in [0.25, 0.3) is 11.1 Å². The van der Waals surface area contributed by atoms with Crippen LogP contribution < -0.4 is 11.1 Å². The summed E-state index contributed by atoms with van der Waals surface area (Å²) in [6.45, 7) is 0.347. The third-order valence-electron chi connectivity index (χ3n) is 6.42. The van der Waals surface area contributed by atoms with Gasteiger partial charge in [0.05, 0.1) is 0 Å². The summed E-state index contributed by atoms with van der Waals surface area (Å²) in [4.78, 5) is 11.8. The van der Waals surface area contributed by atoms with Gasteiger partial charge in [-0.05, 0) is 55.3 Å². The van der Waals surface area contributed by atoms with Gasteiger partial charge in [-0.2, -0.15) is 0 Å². The Labute approximate surface area is 190 Å². The van der Waals surface area contributed by atoms with Gasteiger partial charge in [0.1, 0.15) is 23.0 Å². The number of nitrogens with two attached hydrogens (primary N) is 1. The minimum atomic E-state index is -1.41. The number of rotatable bonds is 11. The van der Waals surface area contributed by atoms with E-state index in [4.69, 9.17) is 15.8 Å². The van der Waals surface area contributed by atoms with Crippen LogP contribution in [0.5, 0.6) is 0 Å². The van der Waals surface area contributed by atoms with Crippen LogP contribution in [0.3, 0.4) is 0 Å². The van der Waals surface area contributed by atoms with Crippen molar-refractivity contribution in [3.63, 3.8) is 0 Å². The summed E-state index contributed by atoms with van der Waals surface area (Å²) < 4.78 is 41.6. The Morgan fingerprint density at radius 1 is 1.06 bits per heavy atom. The molecule has 0 spiro atoms. The first-order valence-corrected chi connectivity index (χ1v) is 11.0. The first-order valence-electron chi connectivity index (χ1n) is 11.0. The topological polar surface area (TPSA) is 116 Å². The van der Waals surface area contributed by atoms with Crippen LogP contribution in [-0.4, -0.2) is 39.8 Å². The lowest BCUT2D eigenvalue weighted by atomic mass is 9.66. The van der Waals surface area contributed by atoms with Gasteiger partial charge in [-0.25, -0.2) is 13.2 Å². The number of carbonyl (C=O) groups is 1. The Kier molecular flexibility index (Phi) is 8.17. The number of carboxylic acids is 1. The SMILES string of the molecule is N[C@](CCCCB(O)O)(C(=O)O)C1CC(NCc2ccc(-c3ccc(F)cc3F)c(F)c2)C1. The smallest absolute Gasteiger partial charge is 0.451 e. The monoisotopic (exact) mass is 464 g/mol. The summed E-state index contributed by atoms with van der Waals surface area (Å²) in [6.07, 6.45) is 2.50. The first kappa shape index (κ1) is 25.2. The van der Waals surface area contributed by atoms with E-state index in [2.05, 4.69) is 5.32 Å². The second-order valence-corrected chi connectivity index (χ2v) is 8.76. The van der Waals surface area contributed by atoms with Crippen LogP contribution in [-0.2, 0) is 11.3 Å². The van der Waals surface area contributed by atoms with Crippen LogP contribution in [0.15, 0.2) is 36.4 Å². The zero-order valence-corrected chi connectivity index (χ0v) is 18.1. The molecule has 1 fully saturated rings. The Bertz CT molecular complexity index is 988. The molecular formula is C23H28BF3N2O4. The van der Waals surface area contributed by atoms with Gasteiger partial charge in [-0.1, -0.05) is 25.0 Å². The van der Waals surface area contributed by atoms with Gasteiger partial charge in [-0.15, -0.1) is 0 Å². The van der Waals surface area contributed by atoms with E-state index in [1.54, 1.807) is 6.07 Å². The number of aliphatic carboxylic acids is 1. The molecule has 0 aromatic heterocycles. The van der Waals surface area contributed by atoms with Crippen molar-refractivity contribution in [2.24, 2.45) is 11.7 Å². The fraction of sp³-hybridized carbons (Fsp3) is 0.435. The highest BCUT2D eigenvalue weighted by atomic mass is 19.1.